The van der Waals surface area contributed by atoms with E-state index in [1.54, 1.807) is 36.4 Å². The van der Waals surface area contributed by atoms with Crippen LogP contribution in [0.4, 0.5) is 0 Å². The van der Waals surface area contributed by atoms with Crippen LogP contribution in [0.2, 0.25) is 10.0 Å². The number of hydrogen-bond acceptors (Lipinski definition) is 5. The Morgan fingerprint density at radius 3 is 2.52 bits per heavy atom. The third-order valence-corrected chi connectivity index (χ3v) is 6.02. The van der Waals surface area contributed by atoms with Gasteiger partial charge in [-0.3, -0.25) is 9.69 Å². The zero-order valence-corrected chi connectivity index (χ0v) is 17.6. The number of carbonyl (C=O) groups is 1. The first-order valence-electron chi connectivity index (χ1n) is 9.65. The number of Topliss-reactive ketones (excluding diaryl/α,β-unsaturated/α-hetero) is 1. The summed E-state index contributed by atoms with van der Waals surface area (Å²) in [6, 6.07) is 8.24. The van der Waals surface area contributed by atoms with Crippen LogP contribution in [0.25, 0.3) is 6.08 Å². The number of likely N-dealkylation sites (N-methyl/N-ethyl adjacent to an activating group) is 1. The first-order chi connectivity index (χ1) is 14.0. The number of nitrogens with zero attached hydrogens (tertiary/aromatic N) is 2. The minimum absolute atomic E-state index is 0.139. The molecule has 5 nitrogen and oxygen atoms in total. The standard InChI is InChI=1S/C22H22Cl2N2O3/c1-2-25-7-9-26(10-8-25)13-17-19(27)6-5-16-21(28)20(29-22(16)17)11-14-3-4-15(23)12-18(14)24/h3-6,11-12,27H,2,7-10,13H2,1H3. The fraction of sp³-hybridized carbons (Fsp3) is 0.318. The fourth-order valence-corrected chi connectivity index (χ4v) is 4.16. The minimum Gasteiger partial charge on any atom is -0.507 e. The van der Waals surface area contributed by atoms with Gasteiger partial charge in [-0.2, -0.15) is 0 Å². The van der Waals surface area contributed by atoms with Gasteiger partial charge in [0.05, 0.1) is 11.1 Å². The Bertz CT molecular complexity index is 982. The quantitative estimate of drug-likeness (QED) is 0.722. The third kappa shape index (κ3) is 4.14. The highest BCUT2D eigenvalue weighted by atomic mass is 35.5. The highest BCUT2D eigenvalue weighted by Gasteiger charge is 2.32. The van der Waals surface area contributed by atoms with Crippen LogP contribution in [0.5, 0.6) is 11.5 Å². The van der Waals surface area contributed by atoms with E-state index in [2.05, 4.69) is 16.7 Å². The molecular weight excluding hydrogens is 411 g/mol. The van der Waals surface area contributed by atoms with Gasteiger partial charge in [0.25, 0.3) is 0 Å². The van der Waals surface area contributed by atoms with Gasteiger partial charge in [0, 0.05) is 42.8 Å². The molecule has 152 valence electrons. The van der Waals surface area contributed by atoms with Crippen LogP contribution in [0, 0.1) is 0 Å². The van der Waals surface area contributed by atoms with Crippen LogP contribution in [0.3, 0.4) is 0 Å². The van der Waals surface area contributed by atoms with E-state index in [-0.39, 0.29) is 17.3 Å². The lowest BCUT2D eigenvalue weighted by atomic mass is 10.0. The molecule has 1 fully saturated rings. The van der Waals surface area contributed by atoms with E-state index < -0.39 is 0 Å². The van der Waals surface area contributed by atoms with Crippen molar-refractivity contribution in [3.63, 3.8) is 0 Å². The van der Waals surface area contributed by atoms with Gasteiger partial charge < -0.3 is 14.7 Å². The second-order valence-corrected chi connectivity index (χ2v) is 8.10. The summed E-state index contributed by atoms with van der Waals surface area (Å²) >= 11 is 12.2. The Hall–Kier alpha value is -2.05. The maximum absolute atomic E-state index is 12.9. The minimum atomic E-state index is -0.219. The molecule has 0 aromatic heterocycles. The van der Waals surface area contributed by atoms with Gasteiger partial charge in [0.15, 0.2) is 5.76 Å². The first-order valence-corrected chi connectivity index (χ1v) is 10.4. The predicted molar refractivity (Wildman–Crippen MR) is 115 cm³/mol. The predicted octanol–water partition coefficient (Wildman–Crippen LogP) is 4.45. The summed E-state index contributed by atoms with van der Waals surface area (Å²) < 4.78 is 5.93. The number of phenols is 1. The summed E-state index contributed by atoms with van der Waals surface area (Å²) in [5.41, 5.74) is 1.75. The second kappa shape index (κ2) is 8.36. The molecule has 29 heavy (non-hydrogen) atoms. The van der Waals surface area contributed by atoms with Crippen LogP contribution >= 0.6 is 23.2 Å². The van der Waals surface area contributed by atoms with Crippen molar-refractivity contribution in [3.8, 4) is 11.5 Å². The number of phenolic OH excluding ortho intramolecular Hbond substituents is 1. The summed E-state index contributed by atoms with van der Waals surface area (Å²) in [5, 5.41) is 11.4. The molecule has 2 heterocycles. The summed E-state index contributed by atoms with van der Waals surface area (Å²) in [6.07, 6.45) is 1.61. The molecule has 0 bridgehead atoms. The van der Waals surface area contributed by atoms with E-state index in [9.17, 15) is 9.90 Å². The second-order valence-electron chi connectivity index (χ2n) is 7.26. The zero-order valence-electron chi connectivity index (χ0n) is 16.1. The number of ether oxygens (including phenoxy) is 1. The van der Waals surface area contributed by atoms with Gasteiger partial charge in [0.1, 0.15) is 11.5 Å². The normalized spacial score (nSPS) is 18.9. The summed E-state index contributed by atoms with van der Waals surface area (Å²) in [4.78, 5) is 17.5. The largest absolute Gasteiger partial charge is 0.507 e. The highest BCUT2D eigenvalue weighted by molar-refractivity contribution is 6.35. The van der Waals surface area contributed by atoms with Gasteiger partial charge in [-0.05, 0) is 42.4 Å². The van der Waals surface area contributed by atoms with Crippen molar-refractivity contribution in [1.29, 1.82) is 0 Å². The van der Waals surface area contributed by atoms with Crippen LogP contribution in [0.1, 0.15) is 28.4 Å². The Morgan fingerprint density at radius 2 is 1.83 bits per heavy atom. The van der Waals surface area contributed by atoms with Crippen molar-refractivity contribution in [1.82, 2.24) is 9.80 Å². The molecule has 0 atom stereocenters. The number of aromatic hydroxyl groups is 1. The van der Waals surface area contributed by atoms with E-state index in [1.807, 2.05) is 0 Å². The number of fused-ring (bicyclic) bond motifs is 1. The number of rotatable bonds is 4. The number of carbonyl (C=O) groups excluding carboxylic acids is 1. The Morgan fingerprint density at radius 1 is 1.10 bits per heavy atom. The monoisotopic (exact) mass is 432 g/mol. The molecular formula is C22H22Cl2N2O3. The van der Waals surface area contributed by atoms with Gasteiger partial charge in [-0.15, -0.1) is 0 Å². The molecule has 1 N–H and O–H groups in total. The number of benzene rings is 2. The van der Waals surface area contributed by atoms with Crippen molar-refractivity contribution in [2.75, 3.05) is 32.7 Å². The molecule has 0 spiro atoms. The Balaban J connectivity index is 1.60. The molecule has 0 radical (unpaired) electrons. The Kier molecular flexibility index (Phi) is 5.83. The van der Waals surface area contributed by atoms with E-state index in [1.165, 1.54) is 0 Å². The van der Waals surface area contributed by atoms with Crippen molar-refractivity contribution < 1.29 is 14.6 Å². The molecule has 4 rings (SSSR count). The summed E-state index contributed by atoms with van der Waals surface area (Å²) in [7, 11) is 0. The maximum atomic E-state index is 12.9. The van der Waals surface area contributed by atoms with Crippen molar-refractivity contribution in [2.45, 2.75) is 13.5 Å². The van der Waals surface area contributed by atoms with E-state index in [0.29, 0.717) is 39.0 Å². The lowest BCUT2D eigenvalue weighted by Gasteiger charge is -2.34. The SMILES string of the molecule is CCN1CCN(Cc2c(O)ccc3c2OC(=Cc2ccc(Cl)cc2Cl)C3=O)CC1. The van der Waals surface area contributed by atoms with Gasteiger partial charge >= 0.3 is 0 Å². The molecule has 2 aliphatic heterocycles. The molecule has 0 amide bonds. The number of hydrogen-bond donors (Lipinski definition) is 1. The van der Waals surface area contributed by atoms with Crippen molar-refractivity contribution >= 4 is 35.1 Å². The molecule has 0 aliphatic carbocycles. The molecule has 2 aromatic carbocycles. The van der Waals surface area contributed by atoms with Crippen LogP contribution in [-0.2, 0) is 6.54 Å². The smallest absolute Gasteiger partial charge is 0.231 e. The molecule has 1 saturated heterocycles. The van der Waals surface area contributed by atoms with Crippen LogP contribution < -0.4 is 4.74 Å². The molecule has 7 heteroatoms. The van der Waals surface area contributed by atoms with Crippen LogP contribution in [0.15, 0.2) is 36.1 Å². The number of ketones is 1. The highest BCUT2D eigenvalue weighted by Crippen LogP contribution is 2.40. The topological polar surface area (TPSA) is 53.0 Å². The first kappa shape index (κ1) is 20.2. The summed E-state index contributed by atoms with van der Waals surface area (Å²) in [5.74, 6) is 0.541. The Labute approximate surface area is 180 Å². The van der Waals surface area contributed by atoms with E-state index in [4.69, 9.17) is 27.9 Å². The maximum Gasteiger partial charge on any atom is 0.231 e. The molecule has 2 aliphatic rings. The molecule has 2 aromatic rings. The molecule has 0 saturated carbocycles. The lowest BCUT2D eigenvalue weighted by molar-refractivity contribution is 0.101. The van der Waals surface area contributed by atoms with Gasteiger partial charge in [-0.25, -0.2) is 0 Å². The lowest BCUT2D eigenvalue weighted by Crippen LogP contribution is -2.45. The summed E-state index contributed by atoms with van der Waals surface area (Å²) in [6.45, 7) is 7.54. The number of halogens is 2. The van der Waals surface area contributed by atoms with Crippen molar-refractivity contribution in [3.05, 3.63) is 62.8 Å². The zero-order chi connectivity index (χ0) is 20.5. The van der Waals surface area contributed by atoms with Gasteiger partial charge in [0.2, 0.25) is 5.78 Å². The van der Waals surface area contributed by atoms with Crippen molar-refractivity contribution in [2.24, 2.45) is 0 Å². The average Bonchev–Trinajstić information content (AvgIpc) is 3.02. The van der Waals surface area contributed by atoms with Crippen LogP contribution in [-0.4, -0.2) is 53.4 Å². The van der Waals surface area contributed by atoms with E-state index in [0.717, 1.165) is 32.7 Å². The number of piperazine rings is 1. The van der Waals surface area contributed by atoms with Gasteiger partial charge in [-0.1, -0.05) is 36.2 Å². The molecule has 0 unspecified atom stereocenters. The third-order valence-electron chi connectivity index (χ3n) is 5.46. The van der Waals surface area contributed by atoms with E-state index >= 15 is 0 Å². The average molecular weight is 433 g/mol. The fourth-order valence-electron chi connectivity index (χ4n) is 3.70. The number of allylic oxidation sites excluding steroid dienone is 1.